The molecule has 0 amide bonds. The van der Waals surface area contributed by atoms with Crippen LogP contribution >= 0.6 is 0 Å². The molecule has 1 aliphatic rings. The number of benzene rings is 1. The van der Waals surface area contributed by atoms with Crippen molar-refractivity contribution in [3.05, 3.63) is 64.0 Å². The maximum atomic E-state index is 10.7. The van der Waals surface area contributed by atoms with Gasteiger partial charge in [-0.05, 0) is 30.7 Å². The number of nitrogens with zero attached hydrogens (tertiary/aromatic N) is 2. The Kier molecular flexibility index (Phi) is 3.05. The second kappa shape index (κ2) is 4.85. The van der Waals surface area contributed by atoms with Gasteiger partial charge in [-0.25, -0.2) is 0 Å². The number of rotatable bonds is 2. The fourth-order valence-electron chi connectivity index (χ4n) is 2.57. The first-order valence-electron chi connectivity index (χ1n) is 6.38. The second-order valence-corrected chi connectivity index (χ2v) is 4.72. The van der Waals surface area contributed by atoms with E-state index in [1.165, 1.54) is 5.69 Å². The molecule has 0 aliphatic carbocycles. The number of nitro groups is 1. The van der Waals surface area contributed by atoms with E-state index in [0.717, 1.165) is 25.1 Å². The Morgan fingerprint density at radius 3 is 2.79 bits per heavy atom. The third-order valence-corrected chi connectivity index (χ3v) is 3.52. The SMILES string of the molecule is O=[N+]([O-])c1ccc(C2NCCCn3cccc32)cc1. The van der Waals surface area contributed by atoms with Gasteiger partial charge in [0.05, 0.1) is 11.0 Å². The first kappa shape index (κ1) is 11.9. The van der Waals surface area contributed by atoms with Gasteiger partial charge in [0.2, 0.25) is 0 Å². The first-order chi connectivity index (χ1) is 9.25. The van der Waals surface area contributed by atoms with E-state index >= 15 is 0 Å². The van der Waals surface area contributed by atoms with E-state index < -0.39 is 0 Å². The summed E-state index contributed by atoms with van der Waals surface area (Å²) in [5, 5.41) is 14.2. The maximum absolute atomic E-state index is 10.7. The summed E-state index contributed by atoms with van der Waals surface area (Å²) in [5.41, 5.74) is 2.41. The Morgan fingerprint density at radius 1 is 1.26 bits per heavy atom. The fraction of sp³-hybridized carbons (Fsp3) is 0.286. The van der Waals surface area contributed by atoms with Gasteiger partial charge < -0.3 is 9.88 Å². The van der Waals surface area contributed by atoms with Crippen molar-refractivity contribution in [2.24, 2.45) is 0 Å². The maximum Gasteiger partial charge on any atom is 0.269 e. The lowest BCUT2D eigenvalue weighted by molar-refractivity contribution is -0.384. The number of aromatic nitrogens is 1. The minimum atomic E-state index is -0.368. The quantitative estimate of drug-likeness (QED) is 0.664. The van der Waals surface area contributed by atoms with Crippen LogP contribution in [0.15, 0.2) is 42.6 Å². The van der Waals surface area contributed by atoms with Crippen LogP contribution in [0, 0.1) is 10.1 Å². The number of aryl methyl sites for hydroxylation is 1. The Hall–Kier alpha value is -2.14. The molecule has 0 saturated carbocycles. The second-order valence-electron chi connectivity index (χ2n) is 4.72. The molecule has 1 atom stereocenters. The predicted molar refractivity (Wildman–Crippen MR) is 72.0 cm³/mol. The third-order valence-electron chi connectivity index (χ3n) is 3.52. The van der Waals surface area contributed by atoms with Crippen LogP contribution in [-0.4, -0.2) is 16.0 Å². The van der Waals surface area contributed by atoms with Crippen LogP contribution in [0.25, 0.3) is 0 Å². The van der Waals surface area contributed by atoms with Crippen molar-refractivity contribution in [2.45, 2.75) is 19.0 Å². The Balaban J connectivity index is 1.95. The van der Waals surface area contributed by atoms with Gasteiger partial charge in [-0.15, -0.1) is 0 Å². The van der Waals surface area contributed by atoms with E-state index in [1.54, 1.807) is 12.1 Å². The number of hydrogen-bond donors (Lipinski definition) is 1. The zero-order valence-corrected chi connectivity index (χ0v) is 10.5. The smallest absolute Gasteiger partial charge is 0.269 e. The van der Waals surface area contributed by atoms with Crippen molar-refractivity contribution in [1.29, 1.82) is 0 Å². The van der Waals surface area contributed by atoms with Crippen molar-refractivity contribution in [2.75, 3.05) is 6.54 Å². The molecule has 98 valence electrons. The average molecular weight is 257 g/mol. The van der Waals surface area contributed by atoms with E-state index in [4.69, 9.17) is 0 Å². The van der Waals surface area contributed by atoms with Crippen molar-refractivity contribution in [3.8, 4) is 0 Å². The van der Waals surface area contributed by atoms with Crippen LogP contribution in [0.4, 0.5) is 5.69 Å². The molecule has 0 bridgehead atoms. The average Bonchev–Trinajstić information content (AvgIpc) is 2.79. The standard InChI is InChI=1S/C14H15N3O2/c18-17(19)12-6-4-11(5-7-12)14-13-3-1-9-16(13)10-2-8-15-14/h1,3-7,9,14-15H,2,8,10H2. The molecule has 0 radical (unpaired) electrons. The molecule has 0 saturated heterocycles. The van der Waals surface area contributed by atoms with Gasteiger partial charge in [0.1, 0.15) is 0 Å². The van der Waals surface area contributed by atoms with Crippen molar-refractivity contribution in [3.63, 3.8) is 0 Å². The van der Waals surface area contributed by atoms with E-state index in [0.29, 0.717) is 0 Å². The van der Waals surface area contributed by atoms with Crippen LogP contribution in [-0.2, 0) is 6.54 Å². The van der Waals surface area contributed by atoms with Gasteiger partial charge >= 0.3 is 0 Å². The highest BCUT2D eigenvalue weighted by Gasteiger charge is 2.20. The number of nitrogens with one attached hydrogen (secondary N) is 1. The van der Waals surface area contributed by atoms with Crippen molar-refractivity contribution < 1.29 is 4.92 Å². The number of hydrogen-bond acceptors (Lipinski definition) is 3. The summed E-state index contributed by atoms with van der Waals surface area (Å²) in [5.74, 6) is 0. The van der Waals surface area contributed by atoms with Crippen molar-refractivity contribution in [1.82, 2.24) is 9.88 Å². The topological polar surface area (TPSA) is 60.1 Å². The molecule has 2 heterocycles. The molecule has 1 N–H and O–H groups in total. The molecule has 1 unspecified atom stereocenters. The molecule has 2 aromatic rings. The summed E-state index contributed by atoms with van der Waals surface area (Å²) in [6.45, 7) is 1.96. The van der Waals surface area contributed by atoms with Crippen LogP contribution in [0.1, 0.15) is 23.7 Å². The minimum Gasteiger partial charge on any atom is -0.350 e. The zero-order valence-electron chi connectivity index (χ0n) is 10.5. The van der Waals surface area contributed by atoms with E-state index in [9.17, 15) is 10.1 Å². The predicted octanol–water partition coefficient (Wildman–Crippen LogP) is 2.48. The van der Waals surface area contributed by atoms with Gasteiger partial charge in [-0.3, -0.25) is 10.1 Å². The molecule has 1 aromatic carbocycles. The molecule has 0 spiro atoms. The summed E-state index contributed by atoms with van der Waals surface area (Å²) in [6, 6.07) is 11.0. The molecule has 0 fully saturated rings. The van der Waals surface area contributed by atoms with Gasteiger partial charge in [0.15, 0.2) is 0 Å². The molecule has 19 heavy (non-hydrogen) atoms. The highest BCUT2D eigenvalue weighted by molar-refractivity contribution is 5.37. The molecule has 1 aromatic heterocycles. The van der Waals surface area contributed by atoms with E-state index in [2.05, 4.69) is 22.1 Å². The lowest BCUT2D eigenvalue weighted by atomic mass is 10.0. The van der Waals surface area contributed by atoms with Crippen LogP contribution in [0.5, 0.6) is 0 Å². The summed E-state index contributed by atoms with van der Waals surface area (Å²) in [7, 11) is 0. The molecule has 3 rings (SSSR count). The third kappa shape index (κ3) is 2.24. The van der Waals surface area contributed by atoms with Crippen LogP contribution < -0.4 is 5.32 Å². The molecule has 1 aliphatic heterocycles. The fourth-order valence-corrected chi connectivity index (χ4v) is 2.57. The number of non-ortho nitro benzene ring substituents is 1. The number of nitro benzene ring substituents is 1. The van der Waals surface area contributed by atoms with Gasteiger partial charge in [-0.2, -0.15) is 0 Å². The Labute approximate surface area is 111 Å². The zero-order chi connectivity index (χ0) is 13.2. The Morgan fingerprint density at radius 2 is 2.05 bits per heavy atom. The van der Waals surface area contributed by atoms with Gasteiger partial charge in [-0.1, -0.05) is 12.1 Å². The lowest BCUT2D eigenvalue weighted by Gasteiger charge is -2.17. The lowest BCUT2D eigenvalue weighted by Crippen LogP contribution is -2.22. The largest absolute Gasteiger partial charge is 0.350 e. The summed E-state index contributed by atoms with van der Waals surface area (Å²) >= 11 is 0. The van der Waals surface area contributed by atoms with Crippen molar-refractivity contribution >= 4 is 5.69 Å². The summed E-state index contributed by atoms with van der Waals surface area (Å²) in [4.78, 5) is 10.3. The first-order valence-corrected chi connectivity index (χ1v) is 6.38. The molecular formula is C14H15N3O2. The van der Waals surface area contributed by atoms with E-state index in [-0.39, 0.29) is 16.7 Å². The molecular weight excluding hydrogens is 242 g/mol. The monoisotopic (exact) mass is 257 g/mol. The summed E-state index contributed by atoms with van der Waals surface area (Å²) < 4.78 is 2.24. The summed E-state index contributed by atoms with van der Waals surface area (Å²) in [6.07, 6.45) is 3.17. The Bertz CT molecular complexity index is 589. The minimum absolute atomic E-state index is 0.110. The highest BCUT2D eigenvalue weighted by atomic mass is 16.6. The molecule has 5 heteroatoms. The molecule has 5 nitrogen and oxygen atoms in total. The van der Waals surface area contributed by atoms with Crippen LogP contribution in [0.2, 0.25) is 0 Å². The van der Waals surface area contributed by atoms with Gasteiger partial charge in [0.25, 0.3) is 5.69 Å². The highest BCUT2D eigenvalue weighted by Crippen LogP contribution is 2.26. The normalized spacial score (nSPS) is 18.6. The van der Waals surface area contributed by atoms with E-state index in [1.807, 2.05) is 18.2 Å². The van der Waals surface area contributed by atoms with Crippen LogP contribution in [0.3, 0.4) is 0 Å². The number of fused-ring (bicyclic) bond motifs is 1. The van der Waals surface area contributed by atoms with Gasteiger partial charge in [0, 0.05) is 30.6 Å².